The Labute approximate surface area is 109 Å². The number of rotatable bonds is 2. The second-order valence-electron chi connectivity index (χ2n) is 5.62. The van der Waals surface area contributed by atoms with Crippen LogP contribution in [0, 0.1) is 6.92 Å². The summed E-state index contributed by atoms with van der Waals surface area (Å²) >= 11 is 0. The Bertz CT molecular complexity index is 547. The average Bonchev–Trinajstić information content (AvgIpc) is 2.67. The maximum atomic E-state index is 2.60. The van der Waals surface area contributed by atoms with E-state index in [1.165, 1.54) is 54.4 Å². The molecule has 96 valence electrons. The van der Waals surface area contributed by atoms with Gasteiger partial charge in [0.2, 0.25) is 0 Å². The summed E-state index contributed by atoms with van der Waals surface area (Å²) in [6.07, 6.45) is 6.44. The van der Waals surface area contributed by atoms with Crippen molar-refractivity contribution >= 4 is 10.9 Å². The van der Waals surface area contributed by atoms with Crippen molar-refractivity contribution in [3.05, 3.63) is 35.5 Å². The fourth-order valence-electron chi connectivity index (χ4n) is 3.07. The molecule has 1 aromatic carbocycles. The molecule has 1 saturated heterocycles. The topological polar surface area (TPSA) is 8.17 Å². The number of likely N-dealkylation sites (tertiary alicyclic amines) is 1. The molecule has 1 fully saturated rings. The molecule has 2 heterocycles. The van der Waals surface area contributed by atoms with E-state index in [1.54, 1.807) is 0 Å². The van der Waals surface area contributed by atoms with Gasteiger partial charge < -0.3 is 4.57 Å². The molecule has 2 aromatic rings. The smallest absolute Gasteiger partial charge is 0.0481 e. The third kappa shape index (κ3) is 2.17. The fourth-order valence-corrected chi connectivity index (χ4v) is 3.07. The van der Waals surface area contributed by atoms with Crippen LogP contribution in [0.15, 0.2) is 24.4 Å². The molecule has 1 aliphatic heterocycles. The van der Waals surface area contributed by atoms with Gasteiger partial charge in [-0.3, -0.25) is 4.90 Å². The van der Waals surface area contributed by atoms with Crippen LogP contribution in [0.25, 0.3) is 10.9 Å². The van der Waals surface area contributed by atoms with Gasteiger partial charge in [-0.15, -0.1) is 0 Å². The first-order chi connectivity index (χ1) is 8.74. The van der Waals surface area contributed by atoms with Crippen molar-refractivity contribution in [3.8, 4) is 0 Å². The van der Waals surface area contributed by atoms with Gasteiger partial charge in [-0.1, -0.05) is 18.1 Å². The highest BCUT2D eigenvalue weighted by Crippen LogP contribution is 2.24. The molecular weight excluding hydrogens is 220 g/mol. The molecule has 0 amide bonds. The van der Waals surface area contributed by atoms with E-state index in [-0.39, 0.29) is 0 Å². The van der Waals surface area contributed by atoms with Crippen LogP contribution in [0.3, 0.4) is 0 Å². The van der Waals surface area contributed by atoms with Crippen LogP contribution >= 0.6 is 0 Å². The molecule has 1 aromatic heterocycles. The summed E-state index contributed by atoms with van der Waals surface area (Å²) in [5.41, 5.74) is 4.19. The number of nitrogens with zero attached hydrogens (tertiary/aromatic N) is 2. The standard InChI is InChI=1S/C16H22N2/c1-13-6-7-16-15(10-13)14(11-17(16)2)12-18-8-4-3-5-9-18/h6-7,10-11H,3-5,8-9,12H2,1-2H3. The van der Waals surface area contributed by atoms with E-state index >= 15 is 0 Å². The third-order valence-electron chi connectivity index (χ3n) is 4.07. The summed E-state index contributed by atoms with van der Waals surface area (Å²) in [6, 6.07) is 6.77. The van der Waals surface area contributed by atoms with Gasteiger partial charge in [0.25, 0.3) is 0 Å². The number of aromatic nitrogens is 1. The Morgan fingerprint density at radius 3 is 2.67 bits per heavy atom. The number of hydrogen-bond acceptors (Lipinski definition) is 1. The Balaban J connectivity index is 1.93. The van der Waals surface area contributed by atoms with Gasteiger partial charge in [0.1, 0.15) is 0 Å². The predicted octanol–water partition coefficient (Wildman–Crippen LogP) is 3.47. The van der Waals surface area contributed by atoms with Crippen molar-refractivity contribution < 1.29 is 0 Å². The lowest BCUT2D eigenvalue weighted by molar-refractivity contribution is 0.221. The Kier molecular flexibility index (Phi) is 3.13. The molecule has 0 atom stereocenters. The highest BCUT2D eigenvalue weighted by molar-refractivity contribution is 5.84. The summed E-state index contributed by atoms with van der Waals surface area (Å²) in [6.45, 7) is 5.82. The van der Waals surface area contributed by atoms with Gasteiger partial charge in [0.05, 0.1) is 0 Å². The lowest BCUT2D eigenvalue weighted by atomic mass is 10.1. The van der Waals surface area contributed by atoms with Crippen molar-refractivity contribution in [3.63, 3.8) is 0 Å². The lowest BCUT2D eigenvalue weighted by Gasteiger charge is -2.26. The van der Waals surface area contributed by atoms with Crippen molar-refractivity contribution in [2.75, 3.05) is 13.1 Å². The van der Waals surface area contributed by atoms with Crippen LogP contribution in [0.5, 0.6) is 0 Å². The van der Waals surface area contributed by atoms with Gasteiger partial charge in [-0.2, -0.15) is 0 Å². The van der Waals surface area contributed by atoms with Crippen LogP contribution in [-0.4, -0.2) is 22.6 Å². The monoisotopic (exact) mass is 242 g/mol. The molecule has 0 radical (unpaired) electrons. The maximum absolute atomic E-state index is 2.60. The van der Waals surface area contributed by atoms with Crippen molar-refractivity contribution in [1.29, 1.82) is 0 Å². The first kappa shape index (κ1) is 11.8. The molecular formula is C16H22N2. The molecule has 0 spiro atoms. The van der Waals surface area contributed by atoms with E-state index in [1.807, 2.05) is 0 Å². The molecule has 0 unspecified atom stereocenters. The first-order valence-corrected chi connectivity index (χ1v) is 7.01. The number of benzene rings is 1. The zero-order valence-electron chi connectivity index (χ0n) is 11.4. The average molecular weight is 242 g/mol. The molecule has 0 bridgehead atoms. The number of piperidine rings is 1. The number of hydrogen-bond donors (Lipinski definition) is 0. The SMILES string of the molecule is Cc1ccc2c(c1)c(CN1CCCCC1)cn2C. The summed E-state index contributed by atoms with van der Waals surface area (Å²) in [7, 11) is 2.15. The fraction of sp³-hybridized carbons (Fsp3) is 0.500. The van der Waals surface area contributed by atoms with Crippen molar-refractivity contribution in [2.45, 2.75) is 32.7 Å². The maximum Gasteiger partial charge on any atom is 0.0481 e. The van der Waals surface area contributed by atoms with Crippen molar-refractivity contribution in [1.82, 2.24) is 9.47 Å². The van der Waals surface area contributed by atoms with Gasteiger partial charge in [0, 0.05) is 30.7 Å². The molecule has 0 saturated carbocycles. The van der Waals surface area contributed by atoms with Gasteiger partial charge in [0.15, 0.2) is 0 Å². The first-order valence-electron chi connectivity index (χ1n) is 7.01. The van der Waals surface area contributed by atoms with E-state index in [0.29, 0.717) is 0 Å². The highest BCUT2D eigenvalue weighted by Gasteiger charge is 2.13. The summed E-state index contributed by atoms with van der Waals surface area (Å²) in [4.78, 5) is 2.60. The minimum atomic E-state index is 1.11. The zero-order valence-corrected chi connectivity index (χ0v) is 11.4. The Morgan fingerprint density at radius 2 is 1.89 bits per heavy atom. The van der Waals surface area contributed by atoms with E-state index in [9.17, 15) is 0 Å². The highest BCUT2D eigenvalue weighted by atomic mass is 15.1. The largest absolute Gasteiger partial charge is 0.350 e. The van der Waals surface area contributed by atoms with Gasteiger partial charge in [-0.05, 0) is 50.6 Å². The van der Waals surface area contributed by atoms with Crippen LogP contribution in [-0.2, 0) is 13.6 Å². The lowest BCUT2D eigenvalue weighted by Crippen LogP contribution is -2.28. The van der Waals surface area contributed by atoms with Crippen LogP contribution in [0.2, 0.25) is 0 Å². The number of aryl methyl sites for hydroxylation is 2. The minimum absolute atomic E-state index is 1.11. The molecule has 3 rings (SSSR count). The van der Waals surface area contributed by atoms with Gasteiger partial charge >= 0.3 is 0 Å². The van der Waals surface area contributed by atoms with E-state index in [4.69, 9.17) is 0 Å². The van der Waals surface area contributed by atoms with Crippen molar-refractivity contribution in [2.24, 2.45) is 7.05 Å². The predicted molar refractivity (Wildman–Crippen MR) is 76.8 cm³/mol. The third-order valence-corrected chi connectivity index (χ3v) is 4.07. The normalized spacial score (nSPS) is 17.4. The van der Waals surface area contributed by atoms with E-state index < -0.39 is 0 Å². The summed E-state index contributed by atoms with van der Waals surface area (Å²) in [5.74, 6) is 0. The second-order valence-corrected chi connectivity index (χ2v) is 5.62. The quantitative estimate of drug-likeness (QED) is 0.783. The van der Waals surface area contributed by atoms with Gasteiger partial charge in [-0.25, -0.2) is 0 Å². The van der Waals surface area contributed by atoms with Crippen LogP contribution in [0.4, 0.5) is 0 Å². The summed E-state index contributed by atoms with van der Waals surface area (Å²) in [5, 5.41) is 1.43. The molecule has 18 heavy (non-hydrogen) atoms. The zero-order chi connectivity index (χ0) is 12.5. The molecule has 2 heteroatoms. The second kappa shape index (κ2) is 4.77. The summed E-state index contributed by atoms with van der Waals surface area (Å²) < 4.78 is 2.26. The molecule has 2 nitrogen and oxygen atoms in total. The van der Waals surface area contributed by atoms with Crippen LogP contribution in [0.1, 0.15) is 30.4 Å². The molecule has 0 aliphatic carbocycles. The Morgan fingerprint density at radius 1 is 1.11 bits per heavy atom. The molecule has 1 aliphatic rings. The number of fused-ring (bicyclic) bond motifs is 1. The minimum Gasteiger partial charge on any atom is -0.350 e. The van der Waals surface area contributed by atoms with E-state index in [0.717, 1.165) is 6.54 Å². The Hall–Kier alpha value is -1.28. The van der Waals surface area contributed by atoms with E-state index in [2.05, 4.69) is 47.8 Å². The van der Waals surface area contributed by atoms with Crippen LogP contribution < -0.4 is 0 Å². The molecule has 0 N–H and O–H groups in total.